The predicted molar refractivity (Wildman–Crippen MR) is 69.3 cm³/mol. The summed E-state index contributed by atoms with van der Waals surface area (Å²) in [7, 11) is 0. The maximum atomic E-state index is 13.3. The van der Waals surface area contributed by atoms with Crippen molar-refractivity contribution < 1.29 is 9.13 Å². The van der Waals surface area contributed by atoms with Crippen molar-refractivity contribution in [2.75, 3.05) is 13.2 Å². The lowest BCUT2D eigenvalue weighted by Gasteiger charge is -2.15. The third kappa shape index (κ3) is 4.52. The molecule has 0 saturated heterocycles. The van der Waals surface area contributed by atoms with Gasteiger partial charge in [-0.05, 0) is 25.0 Å². The van der Waals surface area contributed by atoms with Crippen LogP contribution in [0.2, 0.25) is 5.02 Å². The maximum Gasteiger partial charge on any atom is 0.173 e. The van der Waals surface area contributed by atoms with Crippen molar-refractivity contribution >= 4 is 11.6 Å². The van der Waals surface area contributed by atoms with Crippen molar-refractivity contribution in [2.45, 2.75) is 32.7 Å². The molecule has 0 aliphatic carbocycles. The Labute approximate surface area is 107 Å². The molecule has 0 unspecified atom stereocenters. The number of para-hydroxylation sites is 1. The van der Waals surface area contributed by atoms with Gasteiger partial charge in [0, 0.05) is 12.6 Å². The number of benzene rings is 1. The van der Waals surface area contributed by atoms with Crippen LogP contribution >= 0.6 is 11.6 Å². The van der Waals surface area contributed by atoms with E-state index in [1.807, 2.05) is 0 Å². The summed E-state index contributed by atoms with van der Waals surface area (Å²) in [5.41, 5.74) is 0. The fourth-order valence-corrected chi connectivity index (χ4v) is 1.83. The Balaban J connectivity index is 2.36. The molecule has 0 saturated carbocycles. The second-order valence-electron chi connectivity index (χ2n) is 3.87. The molecule has 0 bridgehead atoms. The third-order valence-corrected chi connectivity index (χ3v) is 2.98. The molecule has 1 aromatic rings. The first-order valence-electron chi connectivity index (χ1n) is 5.99. The number of hydrogen-bond donors (Lipinski definition) is 1. The molecule has 0 atom stereocenters. The van der Waals surface area contributed by atoms with Gasteiger partial charge in [0.05, 0.1) is 5.02 Å². The summed E-state index contributed by atoms with van der Waals surface area (Å²) in [5.74, 6) is -0.277. The van der Waals surface area contributed by atoms with Crippen molar-refractivity contribution in [1.82, 2.24) is 5.32 Å². The second kappa shape index (κ2) is 7.51. The number of rotatable bonds is 7. The minimum absolute atomic E-state index is 0.139. The van der Waals surface area contributed by atoms with Gasteiger partial charge in [-0.25, -0.2) is 4.39 Å². The van der Waals surface area contributed by atoms with Gasteiger partial charge in [0.15, 0.2) is 11.6 Å². The van der Waals surface area contributed by atoms with Crippen LogP contribution in [0.5, 0.6) is 5.75 Å². The molecule has 0 aliphatic heterocycles. The molecule has 1 N–H and O–H groups in total. The monoisotopic (exact) mass is 259 g/mol. The van der Waals surface area contributed by atoms with Crippen LogP contribution in [0.1, 0.15) is 26.7 Å². The Morgan fingerprint density at radius 1 is 1.35 bits per heavy atom. The molecule has 1 rings (SSSR count). The van der Waals surface area contributed by atoms with Crippen molar-refractivity contribution in [1.29, 1.82) is 0 Å². The van der Waals surface area contributed by atoms with Crippen molar-refractivity contribution in [2.24, 2.45) is 0 Å². The Bertz CT molecular complexity index is 322. The first-order valence-corrected chi connectivity index (χ1v) is 6.37. The highest BCUT2D eigenvalue weighted by Crippen LogP contribution is 2.26. The van der Waals surface area contributed by atoms with E-state index in [4.69, 9.17) is 16.3 Å². The molecule has 1 aromatic carbocycles. The zero-order chi connectivity index (χ0) is 12.7. The minimum atomic E-state index is -0.417. The van der Waals surface area contributed by atoms with Crippen LogP contribution in [0.15, 0.2) is 18.2 Å². The number of ether oxygens (including phenoxy) is 1. The van der Waals surface area contributed by atoms with E-state index in [0.717, 1.165) is 12.8 Å². The minimum Gasteiger partial charge on any atom is -0.488 e. The van der Waals surface area contributed by atoms with Crippen molar-refractivity contribution in [3.63, 3.8) is 0 Å². The maximum absolute atomic E-state index is 13.3. The van der Waals surface area contributed by atoms with Gasteiger partial charge in [-0.15, -0.1) is 0 Å². The highest BCUT2D eigenvalue weighted by atomic mass is 35.5. The van der Waals surface area contributed by atoms with E-state index in [1.54, 1.807) is 12.1 Å². The molecule has 0 fully saturated rings. The fraction of sp³-hybridized carbons (Fsp3) is 0.538. The normalized spacial score (nSPS) is 10.9. The topological polar surface area (TPSA) is 21.3 Å². The van der Waals surface area contributed by atoms with Gasteiger partial charge >= 0.3 is 0 Å². The lowest BCUT2D eigenvalue weighted by atomic mass is 10.2. The SMILES string of the molecule is CCC(CC)NCCOc1c(F)cccc1Cl. The molecule has 0 radical (unpaired) electrons. The smallest absolute Gasteiger partial charge is 0.173 e. The Morgan fingerprint density at radius 2 is 2.06 bits per heavy atom. The molecule has 4 heteroatoms. The summed E-state index contributed by atoms with van der Waals surface area (Å²) < 4.78 is 18.7. The average Bonchev–Trinajstić information content (AvgIpc) is 2.32. The summed E-state index contributed by atoms with van der Waals surface area (Å²) in [6.07, 6.45) is 2.16. The van der Waals surface area contributed by atoms with E-state index in [2.05, 4.69) is 19.2 Å². The summed E-state index contributed by atoms with van der Waals surface area (Å²) in [6.45, 7) is 5.37. The second-order valence-corrected chi connectivity index (χ2v) is 4.27. The van der Waals surface area contributed by atoms with Crippen LogP contribution in [0.4, 0.5) is 4.39 Å². The van der Waals surface area contributed by atoms with Gasteiger partial charge < -0.3 is 10.1 Å². The van der Waals surface area contributed by atoms with Crippen LogP contribution in [0.25, 0.3) is 0 Å². The zero-order valence-electron chi connectivity index (χ0n) is 10.3. The van der Waals surface area contributed by atoms with Gasteiger partial charge in [0.25, 0.3) is 0 Å². The molecular formula is C13H19ClFNO. The summed E-state index contributed by atoms with van der Waals surface area (Å²) in [6, 6.07) is 5.02. The number of halogens is 2. The Hall–Kier alpha value is -0.800. The molecular weight excluding hydrogens is 241 g/mol. The predicted octanol–water partition coefficient (Wildman–Crippen LogP) is 3.64. The average molecular weight is 260 g/mol. The van der Waals surface area contributed by atoms with E-state index in [9.17, 15) is 4.39 Å². The van der Waals surface area contributed by atoms with Gasteiger partial charge in [0.2, 0.25) is 0 Å². The van der Waals surface area contributed by atoms with Crippen LogP contribution in [0.3, 0.4) is 0 Å². The summed E-state index contributed by atoms with van der Waals surface area (Å²) in [4.78, 5) is 0. The standard InChI is InChI=1S/C13H19ClFNO/c1-3-10(4-2)16-8-9-17-13-11(14)6-5-7-12(13)15/h5-7,10,16H,3-4,8-9H2,1-2H3. The largest absolute Gasteiger partial charge is 0.488 e. The third-order valence-electron chi connectivity index (χ3n) is 2.69. The van der Waals surface area contributed by atoms with Crippen LogP contribution < -0.4 is 10.1 Å². The molecule has 0 aliphatic rings. The highest BCUT2D eigenvalue weighted by Gasteiger charge is 2.08. The lowest BCUT2D eigenvalue weighted by Crippen LogP contribution is -2.31. The molecule has 2 nitrogen and oxygen atoms in total. The lowest BCUT2D eigenvalue weighted by molar-refractivity contribution is 0.289. The molecule has 0 spiro atoms. The number of nitrogens with one attached hydrogen (secondary N) is 1. The molecule has 17 heavy (non-hydrogen) atoms. The first-order chi connectivity index (χ1) is 8.19. The zero-order valence-corrected chi connectivity index (χ0v) is 11.1. The van der Waals surface area contributed by atoms with E-state index in [0.29, 0.717) is 24.2 Å². The van der Waals surface area contributed by atoms with E-state index >= 15 is 0 Å². The van der Waals surface area contributed by atoms with Crippen LogP contribution in [-0.4, -0.2) is 19.2 Å². The van der Waals surface area contributed by atoms with Gasteiger partial charge in [0.1, 0.15) is 6.61 Å². The van der Waals surface area contributed by atoms with E-state index in [1.165, 1.54) is 6.07 Å². The highest BCUT2D eigenvalue weighted by molar-refractivity contribution is 6.32. The first kappa shape index (κ1) is 14.3. The fourth-order valence-electron chi connectivity index (χ4n) is 1.61. The molecule has 96 valence electrons. The van der Waals surface area contributed by atoms with Crippen molar-refractivity contribution in [3.05, 3.63) is 29.0 Å². The van der Waals surface area contributed by atoms with E-state index < -0.39 is 5.82 Å². The van der Waals surface area contributed by atoms with Gasteiger partial charge in [-0.3, -0.25) is 0 Å². The summed E-state index contributed by atoms with van der Waals surface area (Å²) in [5, 5.41) is 3.65. The van der Waals surface area contributed by atoms with Crippen LogP contribution in [0, 0.1) is 5.82 Å². The Kier molecular flexibility index (Phi) is 6.30. The van der Waals surface area contributed by atoms with Crippen molar-refractivity contribution in [3.8, 4) is 5.75 Å². The summed E-state index contributed by atoms with van der Waals surface area (Å²) >= 11 is 5.84. The molecule has 0 heterocycles. The quantitative estimate of drug-likeness (QED) is 0.755. The molecule has 0 amide bonds. The van der Waals surface area contributed by atoms with E-state index in [-0.39, 0.29) is 5.75 Å². The molecule has 0 aromatic heterocycles. The Morgan fingerprint density at radius 3 is 2.65 bits per heavy atom. The van der Waals surface area contributed by atoms with Crippen LogP contribution in [-0.2, 0) is 0 Å². The van der Waals surface area contributed by atoms with Gasteiger partial charge in [-0.1, -0.05) is 31.5 Å². The van der Waals surface area contributed by atoms with Gasteiger partial charge in [-0.2, -0.15) is 0 Å². The number of hydrogen-bond acceptors (Lipinski definition) is 2.